The zero-order valence-corrected chi connectivity index (χ0v) is 13.5. The number of nitrogens with zero attached hydrogens (tertiary/aromatic N) is 1. The van der Waals surface area contributed by atoms with E-state index in [4.69, 9.17) is 25.9 Å². The van der Waals surface area contributed by atoms with Gasteiger partial charge in [0.2, 0.25) is 0 Å². The molecule has 6 heteroatoms. The van der Waals surface area contributed by atoms with Crippen molar-refractivity contribution in [1.29, 1.82) is 0 Å². The quantitative estimate of drug-likeness (QED) is 0.677. The lowest BCUT2D eigenvalue weighted by Gasteiger charge is -2.08. The fraction of sp³-hybridized carbons (Fsp3) is 0.235. The molecule has 5 nitrogen and oxygen atoms in total. The van der Waals surface area contributed by atoms with Crippen LogP contribution < -0.4 is 20.9 Å². The Kier molecular flexibility index (Phi) is 5.98. The average Bonchev–Trinajstić information content (AvgIpc) is 2.56. The molecule has 0 spiro atoms. The standard InChI is InChI=1S/C17H19N3O2.ClH/c18-5-7-21-14-3-1-12-9-13-2-4-15(22-8-6-19)11-17(13)20-16(12)10-14;/h1-4,9-11H,5-8,18-19H2;1H. The fourth-order valence-corrected chi connectivity index (χ4v) is 2.32. The molecule has 0 aliphatic rings. The number of hydrogen-bond acceptors (Lipinski definition) is 5. The van der Waals surface area contributed by atoms with Gasteiger partial charge in [0.05, 0.1) is 11.0 Å². The number of nitrogens with two attached hydrogens (primary N) is 2. The van der Waals surface area contributed by atoms with Gasteiger partial charge in [0, 0.05) is 36.0 Å². The minimum absolute atomic E-state index is 0. The van der Waals surface area contributed by atoms with Crippen LogP contribution in [0.5, 0.6) is 11.5 Å². The predicted octanol–water partition coefficient (Wildman–Crippen LogP) is 2.48. The van der Waals surface area contributed by atoms with Crippen LogP contribution >= 0.6 is 12.4 Å². The second-order valence-electron chi connectivity index (χ2n) is 4.97. The Morgan fingerprint density at radius 2 is 1.22 bits per heavy atom. The van der Waals surface area contributed by atoms with E-state index in [1.807, 2.05) is 36.4 Å². The topological polar surface area (TPSA) is 83.4 Å². The maximum Gasteiger partial charge on any atom is 0.121 e. The fourth-order valence-electron chi connectivity index (χ4n) is 2.32. The Hall–Kier alpha value is -2.08. The van der Waals surface area contributed by atoms with Gasteiger partial charge in [0.25, 0.3) is 0 Å². The highest BCUT2D eigenvalue weighted by Crippen LogP contribution is 2.26. The molecule has 1 aromatic heterocycles. The lowest BCUT2D eigenvalue weighted by atomic mass is 10.1. The molecule has 0 amide bonds. The Balaban J connectivity index is 0.00000192. The summed E-state index contributed by atoms with van der Waals surface area (Å²) >= 11 is 0. The highest BCUT2D eigenvalue weighted by atomic mass is 35.5. The molecule has 0 saturated heterocycles. The van der Waals surface area contributed by atoms with Crippen molar-refractivity contribution < 1.29 is 9.47 Å². The number of benzene rings is 2. The largest absolute Gasteiger partial charge is 0.492 e. The third-order valence-corrected chi connectivity index (χ3v) is 3.33. The summed E-state index contributed by atoms with van der Waals surface area (Å²) in [5.74, 6) is 1.56. The van der Waals surface area contributed by atoms with E-state index in [1.54, 1.807) is 0 Å². The van der Waals surface area contributed by atoms with Crippen molar-refractivity contribution in [2.75, 3.05) is 26.3 Å². The van der Waals surface area contributed by atoms with Crippen LogP contribution in [0.4, 0.5) is 0 Å². The van der Waals surface area contributed by atoms with Gasteiger partial charge < -0.3 is 20.9 Å². The molecule has 0 bridgehead atoms. The van der Waals surface area contributed by atoms with Crippen molar-refractivity contribution in [3.8, 4) is 11.5 Å². The number of fused-ring (bicyclic) bond motifs is 2. The average molecular weight is 334 g/mol. The normalized spacial score (nSPS) is 10.5. The molecule has 0 saturated carbocycles. The molecule has 4 N–H and O–H groups in total. The Morgan fingerprint density at radius 1 is 0.739 bits per heavy atom. The Bertz CT molecular complexity index is 732. The third kappa shape index (κ3) is 4.01. The van der Waals surface area contributed by atoms with Gasteiger partial charge in [-0.2, -0.15) is 0 Å². The molecule has 0 atom stereocenters. The molecule has 0 aliphatic carbocycles. The molecular weight excluding hydrogens is 314 g/mol. The van der Waals surface area contributed by atoms with Gasteiger partial charge in [0.15, 0.2) is 0 Å². The first-order valence-electron chi connectivity index (χ1n) is 7.30. The second-order valence-corrected chi connectivity index (χ2v) is 4.97. The predicted molar refractivity (Wildman–Crippen MR) is 95.6 cm³/mol. The molecule has 122 valence electrons. The van der Waals surface area contributed by atoms with Crippen LogP contribution in [0.1, 0.15) is 0 Å². The summed E-state index contributed by atoms with van der Waals surface area (Å²) in [6, 6.07) is 13.8. The van der Waals surface area contributed by atoms with E-state index < -0.39 is 0 Å². The maximum atomic E-state index is 5.55. The number of aromatic nitrogens is 1. The summed E-state index contributed by atoms with van der Waals surface area (Å²) < 4.78 is 11.1. The second kappa shape index (κ2) is 7.97. The van der Waals surface area contributed by atoms with E-state index in [2.05, 4.69) is 6.07 Å². The molecule has 23 heavy (non-hydrogen) atoms. The van der Waals surface area contributed by atoms with E-state index in [1.165, 1.54) is 0 Å². The van der Waals surface area contributed by atoms with Gasteiger partial charge >= 0.3 is 0 Å². The smallest absolute Gasteiger partial charge is 0.121 e. The Labute approximate surface area is 141 Å². The van der Waals surface area contributed by atoms with E-state index in [9.17, 15) is 0 Å². The molecular formula is C17H20ClN3O2. The molecule has 0 aliphatic heterocycles. The lowest BCUT2D eigenvalue weighted by Crippen LogP contribution is -2.10. The first-order chi connectivity index (χ1) is 10.8. The molecule has 3 rings (SSSR count). The van der Waals surface area contributed by atoms with Crippen molar-refractivity contribution in [3.63, 3.8) is 0 Å². The zero-order chi connectivity index (χ0) is 15.4. The van der Waals surface area contributed by atoms with Gasteiger partial charge in [-0.05, 0) is 30.3 Å². The summed E-state index contributed by atoms with van der Waals surface area (Å²) in [7, 11) is 0. The summed E-state index contributed by atoms with van der Waals surface area (Å²) in [5, 5.41) is 2.14. The number of pyridine rings is 1. The molecule has 1 heterocycles. The van der Waals surface area contributed by atoms with Crippen LogP contribution in [0.25, 0.3) is 21.8 Å². The molecule has 3 aromatic rings. The van der Waals surface area contributed by atoms with Crippen LogP contribution in [0, 0.1) is 0 Å². The van der Waals surface area contributed by atoms with Gasteiger partial charge in [-0.15, -0.1) is 12.4 Å². The zero-order valence-electron chi connectivity index (χ0n) is 12.7. The summed E-state index contributed by atoms with van der Waals surface area (Å²) in [5.41, 5.74) is 12.7. The van der Waals surface area contributed by atoms with Crippen molar-refractivity contribution in [2.45, 2.75) is 0 Å². The van der Waals surface area contributed by atoms with E-state index in [0.29, 0.717) is 26.3 Å². The van der Waals surface area contributed by atoms with Crippen LogP contribution in [0.2, 0.25) is 0 Å². The number of hydrogen-bond donors (Lipinski definition) is 2. The van der Waals surface area contributed by atoms with Crippen LogP contribution in [-0.4, -0.2) is 31.3 Å². The van der Waals surface area contributed by atoms with Crippen molar-refractivity contribution >= 4 is 34.2 Å². The first-order valence-corrected chi connectivity index (χ1v) is 7.30. The first kappa shape index (κ1) is 17.3. The van der Waals surface area contributed by atoms with Crippen molar-refractivity contribution in [3.05, 3.63) is 42.5 Å². The van der Waals surface area contributed by atoms with Crippen LogP contribution in [0.15, 0.2) is 42.5 Å². The van der Waals surface area contributed by atoms with Crippen molar-refractivity contribution in [1.82, 2.24) is 4.98 Å². The minimum atomic E-state index is 0. The summed E-state index contributed by atoms with van der Waals surface area (Å²) in [4.78, 5) is 4.69. The van der Waals surface area contributed by atoms with Crippen molar-refractivity contribution in [2.24, 2.45) is 11.5 Å². The third-order valence-electron chi connectivity index (χ3n) is 3.33. The SMILES string of the molecule is Cl.NCCOc1ccc2cc3ccc(OCCN)cc3nc2c1. The van der Waals surface area contributed by atoms with E-state index >= 15 is 0 Å². The van der Waals surface area contributed by atoms with Gasteiger partial charge in [0.1, 0.15) is 24.7 Å². The summed E-state index contributed by atoms with van der Waals surface area (Å²) in [6.45, 7) is 1.97. The molecule has 0 fully saturated rings. The van der Waals surface area contributed by atoms with Crippen LogP contribution in [-0.2, 0) is 0 Å². The number of ether oxygens (including phenoxy) is 2. The Morgan fingerprint density at radius 3 is 1.65 bits per heavy atom. The van der Waals surface area contributed by atoms with Crippen LogP contribution in [0.3, 0.4) is 0 Å². The highest BCUT2D eigenvalue weighted by molar-refractivity contribution is 5.93. The maximum absolute atomic E-state index is 5.55. The summed E-state index contributed by atoms with van der Waals surface area (Å²) in [6.07, 6.45) is 0. The molecule has 2 aromatic carbocycles. The monoisotopic (exact) mass is 333 g/mol. The van der Waals surface area contributed by atoms with E-state index in [0.717, 1.165) is 33.3 Å². The highest BCUT2D eigenvalue weighted by Gasteiger charge is 2.04. The number of halogens is 1. The molecule has 0 radical (unpaired) electrons. The molecule has 0 unspecified atom stereocenters. The van der Waals surface area contributed by atoms with E-state index in [-0.39, 0.29) is 12.4 Å². The minimum Gasteiger partial charge on any atom is -0.492 e. The van der Waals surface area contributed by atoms with Gasteiger partial charge in [-0.1, -0.05) is 0 Å². The number of rotatable bonds is 6. The van der Waals surface area contributed by atoms with Gasteiger partial charge in [-0.3, -0.25) is 0 Å². The van der Waals surface area contributed by atoms with Gasteiger partial charge in [-0.25, -0.2) is 4.98 Å². The lowest BCUT2D eigenvalue weighted by molar-refractivity contribution is 0.328.